The van der Waals surface area contributed by atoms with Gasteiger partial charge in [0.05, 0.1) is 32.8 Å². The van der Waals surface area contributed by atoms with Gasteiger partial charge in [-0.05, 0) is 11.6 Å². The first-order valence-corrected chi connectivity index (χ1v) is 5.65. The molecule has 1 aromatic carbocycles. The summed E-state index contributed by atoms with van der Waals surface area (Å²) in [6, 6.07) is 2.85. The van der Waals surface area contributed by atoms with Crippen molar-refractivity contribution in [1.82, 2.24) is 0 Å². The molecule has 5 nitrogen and oxygen atoms in total. The van der Waals surface area contributed by atoms with Gasteiger partial charge < -0.3 is 19.9 Å². The van der Waals surface area contributed by atoms with Crippen LogP contribution in [0.1, 0.15) is 18.0 Å². The Kier molecular flexibility index (Phi) is 7.59. The molecule has 0 spiro atoms. The van der Waals surface area contributed by atoms with Gasteiger partial charge in [0.15, 0.2) is 11.5 Å². The molecule has 0 aliphatic carbocycles. The summed E-state index contributed by atoms with van der Waals surface area (Å²) in [5.74, 6) is 0.516. The molecule has 19 heavy (non-hydrogen) atoms. The fourth-order valence-corrected chi connectivity index (χ4v) is 1.94. The fourth-order valence-electron chi connectivity index (χ4n) is 1.56. The van der Waals surface area contributed by atoms with Crippen LogP contribution in [-0.4, -0.2) is 27.3 Å². The van der Waals surface area contributed by atoms with Crippen molar-refractivity contribution >= 4 is 30.0 Å². The van der Waals surface area contributed by atoms with E-state index >= 15 is 0 Å². The molecule has 0 heterocycles. The molecule has 0 saturated heterocycles. The van der Waals surface area contributed by atoms with Crippen molar-refractivity contribution in [2.45, 2.75) is 12.5 Å². The second-order valence-corrected chi connectivity index (χ2v) is 3.97. The Labute approximate surface area is 123 Å². The number of ether oxygens (including phenoxy) is 3. The lowest BCUT2D eigenvalue weighted by atomic mass is 10.0. The lowest BCUT2D eigenvalue weighted by molar-refractivity contribution is -0.141. The first-order valence-electron chi connectivity index (χ1n) is 5.27. The normalized spacial score (nSPS) is 11.2. The van der Waals surface area contributed by atoms with Gasteiger partial charge in [0, 0.05) is 6.04 Å². The van der Waals surface area contributed by atoms with Gasteiger partial charge in [-0.25, -0.2) is 0 Å². The summed E-state index contributed by atoms with van der Waals surface area (Å²) in [5.41, 5.74) is 6.52. The van der Waals surface area contributed by atoms with Crippen molar-refractivity contribution in [3.8, 4) is 11.5 Å². The summed E-state index contributed by atoms with van der Waals surface area (Å²) < 4.78 is 14.8. The third-order valence-corrected chi connectivity index (χ3v) is 2.92. The van der Waals surface area contributed by atoms with Crippen molar-refractivity contribution in [1.29, 1.82) is 0 Å². The molecule has 7 heteroatoms. The summed E-state index contributed by atoms with van der Waals surface area (Å²) in [7, 11) is 4.31. The van der Waals surface area contributed by atoms with Gasteiger partial charge in [0.25, 0.3) is 0 Å². The predicted octanol–water partition coefficient (Wildman–Crippen LogP) is 2.34. The number of nitrogens with two attached hydrogens (primary N) is 1. The zero-order valence-electron chi connectivity index (χ0n) is 10.9. The van der Waals surface area contributed by atoms with Gasteiger partial charge in [0.1, 0.15) is 0 Å². The van der Waals surface area contributed by atoms with Crippen LogP contribution in [0.15, 0.2) is 12.1 Å². The molecule has 0 aromatic heterocycles. The van der Waals surface area contributed by atoms with Gasteiger partial charge in [0.2, 0.25) is 0 Å². The van der Waals surface area contributed by atoms with E-state index in [0.717, 1.165) is 0 Å². The van der Waals surface area contributed by atoms with E-state index in [2.05, 4.69) is 4.74 Å². The smallest absolute Gasteiger partial charge is 0.307 e. The number of halogens is 2. The molecule has 0 aliphatic heterocycles. The minimum absolute atomic E-state index is 0. The van der Waals surface area contributed by atoms with E-state index in [4.69, 9.17) is 26.8 Å². The Morgan fingerprint density at radius 3 is 2.42 bits per heavy atom. The van der Waals surface area contributed by atoms with Crippen LogP contribution in [0.2, 0.25) is 5.02 Å². The number of carbonyl (C=O) groups is 1. The molecule has 0 amide bonds. The van der Waals surface area contributed by atoms with Crippen molar-refractivity contribution in [3.05, 3.63) is 22.7 Å². The van der Waals surface area contributed by atoms with E-state index in [1.165, 1.54) is 21.3 Å². The molecule has 1 aromatic rings. The third kappa shape index (κ3) is 4.16. The molecule has 0 fully saturated rings. The summed E-state index contributed by atoms with van der Waals surface area (Å²) >= 11 is 6.18. The first kappa shape index (κ1) is 17.8. The summed E-state index contributed by atoms with van der Waals surface area (Å²) in [5, 5.41) is 0.341. The zero-order valence-corrected chi connectivity index (χ0v) is 12.5. The molecule has 0 bridgehead atoms. The number of esters is 1. The van der Waals surface area contributed by atoms with Crippen LogP contribution in [-0.2, 0) is 9.53 Å². The van der Waals surface area contributed by atoms with Crippen LogP contribution in [0.5, 0.6) is 11.5 Å². The van der Waals surface area contributed by atoms with Crippen LogP contribution < -0.4 is 15.2 Å². The van der Waals surface area contributed by atoms with Crippen molar-refractivity contribution in [3.63, 3.8) is 0 Å². The van der Waals surface area contributed by atoms with Crippen LogP contribution >= 0.6 is 24.0 Å². The SMILES string of the molecule is COC(=O)C[C@@H](N)c1ccc(OC)c(OC)c1Cl.Cl. The maximum Gasteiger partial charge on any atom is 0.307 e. The molecular weight excluding hydrogens is 293 g/mol. The van der Waals surface area contributed by atoms with Gasteiger partial charge in [-0.3, -0.25) is 4.79 Å². The van der Waals surface area contributed by atoms with E-state index in [1.54, 1.807) is 12.1 Å². The largest absolute Gasteiger partial charge is 0.493 e. The summed E-state index contributed by atoms with van der Waals surface area (Å²) in [6.45, 7) is 0. The molecule has 108 valence electrons. The van der Waals surface area contributed by atoms with Crippen molar-refractivity contribution in [2.75, 3.05) is 21.3 Å². The predicted molar refractivity (Wildman–Crippen MR) is 75.4 cm³/mol. The average molecular weight is 310 g/mol. The lowest BCUT2D eigenvalue weighted by Gasteiger charge is -2.16. The van der Waals surface area contributed by atoms with E-state index in [-0.39, 0.29) is 18.8 Å². The first-order chi connectivity index (χ1) is 8.54. The average Bonchev–Trinajstić information content (AvgIpc) is 2.37. The number of hydrogen-bond acceptors (Lipinski definition) is 5. The second kappa shape index (κ2) is 8.09. The van der Waals surface area contributed by atoms with Gasteiger partial charge >= 0.3 is 5.97 Å². The molecule has 2 N–H and O–H groups in total. The van der Waals surface area contributed by atoms with E-state index in [0.29, 0.717) is 22.1 Å². The van der Waals surface area contributed by atoms with Crippen molar-refractivity contribution in [2.24, 2.45) is 5.73 Å². The van der Waals surface area contributed by atoms with Crippen molar-refractivity contribution < 1.29 is 19.0 Å². The molecule has 0 unspecified atom stereocenters. The molecule has 1 rings (SSSR count). The minimum Gasteiger partial charge on any atom is -0.493 e. The number of carbonyl (C=O) groups excluding carboxylic acids is 1. The second-order valence-electron chi connectivity index (χ2n) is 3.59. The highest BCUT2D eigenvalue weighted by molar-refractivity contribution is 6.33. The number of methoxy groups -OCH3 is 3. The van der Waals surface area contributed by atoms with Crippen LogP contribution in [0, 0.1) is 0 Å². The highest BCUT2D eigenvalue weighted by Crippen LogP contribution is 2.39. The monoisotopic (exact) mass is 309 g/mol. The third-order valence-electron chi connectivity index (χ3n) is 2.53. The topological polar surface area (TPSA) is 70.8 Å². The van der Waals surface area contributed by atoms with Crippen LogP contribution in [0.25, 0.3) is 0 Å². The quantitative estimate of drug-likeness (QED) is 0.845. The number of hydrogen-bond donors (Lipinski definition) is 1. The van der Waals surface area contributed by atoms with Gasteiger partial charge in [-0.1, -0.05) is 17.7 Å². The van der Waals surface area contributed by atoms with Crippen LogP contribution in [0.3, 0.4) is 0 Å². The summed E-state index contributed by atoms with van der Waals surface area (Å²) in [4.78, 5) is 11.2. The molecule has 1 atom stereocenters. The highest BCUT2D eigenvalue weighted by atomic mass is 35.5. The Bertz CT molecular complexity index is 440. The van der Waals surface area contributed by atoms with E-state index < -0.39 is 12.0 Å². The number of benzene rings is 1. The zero-order chi connectivity index (χ0) is 13.7. The lowest BCUT2D eigenvalue weighted by Crippen LogP contribution is -2.17. The van der Waals surface area contributed by atoms with E-state index in [1.807, 2.05) is 0 Å². The van der Waals surface area contributed by atoms with Crippen LogP contribution in [0.4, 0.5) is 0 Å². The molecule has 0 aliphatic rings. The number of rotatable bonds is 5. The maximum atomic E-state index is 11.2. The summed E-state index contributed by atoms with van der Waals surface area (Å²) in [6.07, 6.45) is 0.0473. The highest BCUT2D eigenvalue weighted by Gasteiger charge is 2.19. The Morgan fingerprint density at radius 1 is 1.32 bits per heavy atom. The Morgan fingerprint density at radius 2 is 1.95 bits per heavy atom. The maximum absolute atomic E-state index is 11.2. The van der Waals surface area contributed by atoms with E-state index in [9.17, 15) is 4.79 Å². The Balaban J connectivity index is 0.00000324. The van der Waals surface area contributed by atoms with Gasteiger partial charge in [-0.2, -0.15) is 0 Å². The molecule has 0 radical (unpaired) electrons. The molecule has 0 saturated carbocycles. The molecular formula is C12H17Cl2NO4. The standard InChI is InChI=1S/C12H16ClNO4.ClH/c1-16-9-5-4-7(11(13)12(9)18-3)8(14)6-10(15)17-2;/h4-5,8H,6,14H2,1-3H3;1H/t8-;/m1./s1. The van der Waals surface area contributed by atoms with Gasteiger partial charge in [-0.15, -0.1) is 12.4 Å². The minimum atomic E-state index is -0.551. The Hall–Kier alpha value is -1.17. The fraction of sp³-hybridized carbons (Fsp3) is 0.417.